The molecule has 1 aliphatic rings. The molecule has 0 bridgehead atoms. The van der Waals surface area contributed by atoms with Crippen LogP contribution >= 0.6 is 15.9 Å². The van der Waals surface area contributed by atoms with Crippen LogP contribution < -0.4 is 5.32 Å². The number of carbonyl (C=O) groups is 1. The highest BCUT2D eigenvalue weighted by Crippen LogP contribution is 2.40. The quantitative estimate of drug-likeness (QED) is 0.875. The van der Waals surface area contributed by atoms with E-state index in [4.69, 9.17) is 0 Å². The monoisotopic (exact) mass is 318 g/mol. The lowest BCUT2D eigenvalue weighted by molar-refractivity contribution is -0.119. The van der Waals surface area contributed by atoms with Crippen LogP contribution in [-0.4, -0.2) is 16.4 Å². The zero-order valence-corrected chi connectivity index (χ0v) is 12.5. The van der Waals surface area contributed by atoms with Crippen molar-refractivity contribution in [2.24, 2.45) is 0 Å². The molecule has 1 N–H and O–H groups in total. The minimum atomic E-state index is -0.227. The molecule has 0 aliphatic carbocycles. The summed E-state index contributed by atoms with van der Waals surface area (Å²) in [7, 11) is 0. The molecule has 1 amide bonds. The summed E-state index contributed by atoms with van der Waals surface area (Å²) in [5.41, 5.74) is 1.89. The number of carbonyl (C=O) groups excluding carboxylic acids is 1. The Kier molecular flexibility index (Phi) is 2.86. The Morgan fingerprint density at radius 1 is 1.37 bits per heavy atom. The van der Waals surface area contributed by atoms with E-state index in [9.17, 15) is 4.79 Å². The van der Waals surface area contributed by atoms with Crippen molar-refractivity contribution in [1.82, 2.24) is 10.3 Å². The highest BCUT2D eigenvalue weighted by atomic mass is 79.9. The molecular weight excluding hydrogens is 304 g/mol. The lowest BCUT2D eigenvalue weighted by Gasteiger charge is -2.27. The largest absolute Gasteiger partial charge is 0.351 e. The molecule has 3 nitrogen and oxygen atoms in total. The molecule has 98 valence electrons. The molecule has 2 aromatic rings. The number of halogens is 1. The van der Waals surface area contributed by atoms with Gasteiger partial charge in [0.25, 0.3) is 0 Å². The standard InChI is InChI=1S/C15H15BrN2O/c1-15(2)11(8-13(19)18-15)9-5-6-12(16)10-4-3-7-17-14(9)10/h3-7,11H,8H2,1-2H3,(H,18,19). The highest BCUT2D eigenvalue weighted by molar-refractivity contribution is 9.10. The number of benzene rings is 1. The number of hydrogen-bond donors (Lipinski definition) is 1. The lowest BCUT2D eigenvalue weighted by atomic mass is 9.82. The molecule has 3 rings (SSSR count). The number of nitrogens with one attached hydrogen (secondary N) is 1. The maximum absolute atomic E-state index is 11.7. The van der Waals surface area contributed by atoms with Gasteiger partial charge >= 0.3 is 0 Å². The molecule has 1 aromatic carbocycles. The van der Waals surface area contributed by atoms with Crippen LogP contribution in [0.1, 0.15) is 31.7 Å². The third-order valence-electron chi connectivity index (χ3n) is 3.85. The predicted molar refractivity (Wildman–Crippen MR) is 79.0 cm³/mol. The first-order valence-electron chi connectivity index (χ1n) is 6.33. The average Bonchev–Trinajstić information content (AvgIpc) is 2.63. The molecule has 1 aromatic heterocycles. The van der Waals surface area contributed by atoms with E-state index in [2.05, 4.69) is 46.1 Å². The first kappa shape index (κ1) is 12.6. The van der Waals surface area contributed by atoms with Crippen LogP contribution in [0.3, 0.4) is 0 Å². The van der Waals surface area contributed by atoms with Gasteiger partial charge in [0, 0.05) is 33.9 Å². The molecule has 19 heavy (non-hydrogen) atoms. The van der Waals surface area contributed by atoms with Crippen LogP contribution in [0.4, 0.5) is 0 Å². The predicted octanol–water partition coefficient (Wildman–Crippen LogP) is 3.38. The van der Waals surface area contributed by atoms with Gasteiger partial charge in [0.1, 0.15) is 0 Å². The second-order valence-electron chi connectivity index (χ2n) is 5.56. The lowest BCUT2D eigenvalue weighted by Crippen LogP contribution is -2.38. The summed E-state index contributed by atoms with van der Waals surface area (Å²) in [6.07, 6.45) is 2.33. The number of aromatic nitrogens is 1. The number of fused-ring (bicyclic) bond motifs is 1. The van der Waals surface area contributed by atoms with Gasteiger partial charge in [-0.3, -0.25) is 9.78 Å². The number of amides is 1. The van der Waals surface area contributed by atoms with E-state index in [-0.39, 0.29) is 17.4 Å². The van der Waals surface area contributed by atoms with Gasteiger partial charge < -0.3 is 5.32 Å². The zero-order chi connectivity index (χ0) is 13.6. The third-order valence-corrected chi connectivity index (χ3v) is 4.54. The number of nitrogens with zero attached hydrogens (tertiary/aromatic N) is 1. The SMILES string of the molecule is CC1(C)NC(=O)CC1c1ccc(Br)c2cccnc12. The van der Waals surface area contributed by atoms with Crippen molar-refractivity contribution in [3.05, 3.63) is 40.5 Å². The fourth-order valence-electron chi connectivity index (χ4n) is 2.88. The Morgan fingerprint density at radius 2 is 2.16 bits per heavy atom. The van der Waals surface area contributed by atoms with E-state index < -0.39 is 0 Å². The van der Waals surface area contributed by atoms with Crippen LogP contribution in [0.15, 0.2) is 34.9 Å². The van der Waals surface area contributed by atoms with Crippen molar-refractivity contribution >= 4 is 32.7 Å². The summed E-state index contributed by atoms with van der Waals surface area (Å²) in [5, 5.41) is 4.14. The van der Waals surface area contributed by atoms with Gasteiger partial charge in [0.05, 0.1) is 5.52 Å². The van der Waals surface area contributed by atoms with E-state index in [1.807, 2.05) is 18.2 Å². The Hall–Kier alpha value is -1.42. The van der Waals surface area contributed by atoms with Crippen molar-refractivity contribution in [2.45, 2.75) is 31.7 Å². The van der Waals surface area contributed by atoms with E-state index >= 15 is 0 Å². The topological polar surface area (TPSA) is 42.0 Å². The van der Waals surface area contributed by atoms with Gasteiger partial charge in [-0.2, -0.15) is 0 Å². The Bertz CT molecular complexity index is 666. The summed E-state index contributed by atoms with van der Waals surface area (Å²) in [5.74, 6) is 0.271. The minimum absolute atomic E-state index is 0.113. The van der Waals surface area contributed by atoms with Gasteiger partial charge in [-0.15, -0.1) is 0 Å². The van der Waals surface area contributed by atoms with E-state index in [1.54, 1.807) is 6.20 Å². The van der Waals surface area contributed by atoms with Crippen LogP contribution in [0.5, 0.6) is 0 Å². The van der Waals surface area contributed by atoms with Crippen molar-refractivity contribution in [2.75, 3.05) is 0 Å². The van der Waals surface area contributed by atoms with E-state index in [0.29, 0.717) is 6.42 Å². The average molecular weight is 319 g/mol. The van der Waals surface area contributed by atoms with Crippen LogP contribution in [0.25, 0.3) is 10.9 Å². The first-order chi connectivity index (χ1) is 8.99. The summed E-state index contributed by atoms with van der Waals surface area (Å²) in [6, 6.07) is 8.09. The Labute approximate surface area is 120 Å². The normalized spacial score (nSPS) is 21.6. The van der Waals surface area contributed by atoms with Crippen molar-refractivity contribution in [3.63, 3.8) is 0 Å². The van der Waals surface area contributed by atoms with Crippen molar-refractivity contribution < 1.29 is 4.79 Å². The molecule has 1 atom stereocenters. The van der Waals surface area contributed by atoms with Gasteiger partial charge in [0.2, 0.25) is 5.91 Å². The maximum atomic E-state index is 11.7. The molecule has 1 fully saturated rings. The number of hydrogen-bond acceptors (Lipinski definition) is 2. The fourth-order valence-corrected chi connectivity index (χ4v) is 3.33. The zero-order valence-electron chi connectivity index (χ0n) is 10.9. The molecule has 1 unspecified atom stereocenters. The molecule has 0 spiro atoms. The minimum Gasteiger partial charge on any atom is -0.351 e. The van der Waals surface area contributed by atoms with Crippen molar-refractivity contribution in [1.29, 1.82) is 0 Å². The molecule has 0 saturated carbocycles. The van der Waals surface area contributed by atoms with Crippen molar-refractivity contribution in [3.8, 4) is 0 Å². The smallest absolute Gasteiger partial charge is 0.221 e. The fraction of sp³-hybridized carbons (Fsp3) is 0.333. The maximum Gasteiger partial charge on any atom is 0.221 e. The van der Waals surface area contributed by atoms with E-state index in [1.165, 1.54) is 0 Å². The van der Waals surface area contributed by atoms with Crippen LogP contribution in [0, 0.1) is 0 Å². The molecule has 1 aliphatic heterocycles. The summed E-state index contributed by atoms with van der Waals surface area (Å²) in [6.45, 7) is 4.14. The molecular formula is C15H15BrN2O. The molecule has 0 radical (unpaired) electrons. The molecule has 4 heteroatoms. The van der Waals surface area contributed by atoms with Gasteiger partial charge in [-0.25, -0.2) is 0 Å². The Balaban J connectivity index is 2.21. The summed E-state index contributed by atoms with van der Waals surface area (Å²) < 4.78 is 1.04. The van der Waals surface area contributed by atoms with Gasteiger partial charge in [-0.1, -0.05) is 28.1 Å². The first-order valence-corrected chi connectivity index (χ1v) is 7.12. The second-order valence-corrected chi connectivity index (χ2v) is 6.42. The van der Waals surface area contributed by atoms with E-state index in [0.717, 1.165) is 20.9 Å². The van der Waals surface area contributed by atoms with Gasteiger partial charge in [-0.05, 0) is 31.5 Å². The summed E-state index contributed by atoms with van der Waals surface area (Å²) >= 11 is 3.56. The van der Waals surface area contributed by atoms with Crippen LogP contribution in [-0.2, 0) is 4.79 Å². The third kappa shape index (κ3) is 2.04. The van der Waals surface area contributed by atoms with Gasteiger partial charge in [0.15, 0.2) is 0 Å². The Morgan fingerprint density at radius 3 is 2.84 bits per heavy atom. The number of rotatable bonds is 1. The molecule has 1 saturated heterocycles. The highest BCUT2D eigenvalue weighted by Gasteiger charge is 2.40. The summed E-state index contributed by atoms with van der Waals surface area (Å²) in [4.78, 5) is 16.2. The second kappa shape index (κ2) is 4.30. The van der Waals surface area contributed by atoms with Crippen LogP contribution in [0.2, 0.25) is 0 Å². The number of pyridine rings is 1. The molecule has 2 heterocycles.